The van der Waals surface area contributed by atoms with Crippen LogP contribution in [0.5, 0.6) is 0 Å². The highest BCUT2D eigenvalue weighted by Gasteiger charge is 2.43. The van der Waals surface area contributed by atoms with Crippen molar-refractivity contribution in [3.8, 4) is 0 Å². The van der Waals surface area contributed by atoms with Crippen LogP contribution in [0.1, 0.15) is 47.6 Å². The molecule has 2 aromatic carbocycles. The number of fused-ring (bicyclic) bond motifs is 4. The molecule has 0 aliphatic carbocycles. The highest BCUT2D eigenvalue weighted by Crippen LogP contribution is 2.43. The molecule has 5 rings (SSSR count). The van der Waals surface area contributed by atoms with E-state index in [0.29, 0.717) is 24.5 Å². The smallest absolute Gasteiger partial charge is 0.317 e. The lowest BCUT2D eigenvalue weighted by atomic mass is 9.76. The number of carbonyl (C=O) groups is 1. The van der Waals surface area contributed by atoms with Crippen molar-refractivity contribution in [2.45, 2.75) is 51.2 Å². The Kier molecular flexibility index (Phi) is 5.04. The third-order valence-corrected chi connectivity index (χ3v) is 7.17. The van der Waals surface area contributed by atoms with Crippen LogP contribution >= 0.6 is 0 Å². The number of piperidine rings is 2. The van der Waals surface area contributed by atoms with Crippen LogP contribution in [0.2, 0.25) is 0 Å². The van der Waals surface area contributed by atoms with Crippen LogP contribution in [-0.2, 0) is 13.0 Å². The molecule has 29 heavy (non-hydrogen) atoms. The molecule has 3 atom stereocenters. The average molecular weight is 390 g/mol. The lowest BCUT2D eigenvalue weighted by Crippen LogP contribution is -2.59. The second-order valence-corrected chi connectivity index (χ2v) is 9.01. The number of hydrogen-bond donors (Lipinski definition) is 1. The van der Waals surface area contributed by atoms with Gasteiger partial charge in [-0.3, -0.25) is 4.90 Å². The first-order valence-corrected chi connectivity index (χ1v) is 11.1. The molecule has 0 aromatic heterocycles. The molecule has 0 saturated carbocycles. The van der Waals surface area contributed by atoms with Crippen molar-refractivity contribution in [3.63, 3.8) is 0 Å². The van der Waals surface area contributed by atoms with E-state index in [1.54, 1.807) is 0 Å². The zero-order valence-corrected chi connectivity index (χ0v) is 17.3. The Hall–Kier alpha value is -2.33. The zero-order valence-electron chi connectivity index (χ0n) is 17.3. The van der Waals surface area contributed by atoms with Gasteiger partial charge in [0.15, 0.2) is 0 Å². The molecule has 2 aromatic rings. The SMILES string of the molecule is Cc1ccc2c(c1)C1CC3C(CCCN3C(=O)NCc3ccccc3)CN1CC2. The van der Waals surface area contributed by atoms with E-state index >= 15 is 0 Å². The van der Waals surface area contributed by atoms with Gasteiger partial charge in [0.25, 0.3) is 0 Å². The molecule has 3 unspecified atom stereocenters. The molecule has 3 heterocycles. The second kappa shape index (κ2) is 7.83. The van der Waals surface area contributed by atoms with Crippen LogP contribution in [0.15, 0.2) is 48.5 Å². The van der Waals surface area contributed by atoms with Gasteiger partial charge in [-0.05, 0) is 55.2 Å². The molecule has 0 radical (unpaired) electrons. The maximum absolute atomic E-state index is 13.1. The summed E-state index contributed by atoms with van der Waals surface area (Å²) in [6.45, 7) is 5.96. The van der Waals surface area contributed by atoms with E-state index in [9.17, 15) is 4.79 Å². The molecule has 2 amide bonds. The van der Waals surface area contributed by atoms with Crippen molar-refractivity contribution in [2.75, 3.05) is 19.6 Å². The Labute approximate surface area is 173 Å². The predicted octanol–water partition coefficient (Wildman–Crippen LogP) is 4.29. The average Bonchev–Trinajstić information content (AvgIpc) is 2.76. The first-order chi connectivity index (χ1) is 14.2. The fourth-order valence-corrected chi connectivity index (χ4v) is 5.69. The first-order valence-electron chi connectivity index (χ1n) is 11.1. The summed E-state index contributed by atoms with van der Waals surface area (Å²) in [5, 5.41) is 3.18. The summed E-state index contributed by atoms with van der Waals surface area (Å²) >= 11 is 0. The number of hydrogen-bond acceptors (Lipinski definition) is 2. The van der Waals surface area contributed by atoms with Crippen molar-refractivity contribution >= 4 is 6.03 Å². The Morgan fingerprint density at radius 1 is 1.14 bits per heavy atom. The molecule has 3 aliphatic rings. The summed E-state index contributed by atoms with van der Waals surface area (Å²) in [4.78, 5) is 17.9. The van der Waals surface area contributed by atoms with E-state index in [2.05, 4.69) is 52.4 Å². The number of carbonyl (C=O) groups excluding carboxylic acids is 1. The van der Waals surface area contributed by atoms with Gasteiger partial charge in [0.1, 0.15) is 0 Å². The number of urea groups is 1. The highest BCUT2D eigenvalue weighted by atomic mass is 16.2. The van der Waals surface area contributed by atoms with Gasteiger partial charge in [-0.25, -0.2) is 4.79 Å². The second-order valence-electron chi connectivity index (χ2n) is 9.01. The quantitative estimate of drug-likeness (QED) is 0.832. The molecule has 4 nitrogen and oxygen atoms in total. The molecular formula is C25H31N3O. The predicted molar refractivity (Wildman–Crippen MR) is 116 cm³/mol. The van der Waals surface area contributed by atoms with Crippen molar-refractivity contribution in [1.29, 1.82) is 0 Å². The number of aryl methyl sites for hydroxylation is 1. The zero-order chi connectivity index (χ0) is 19.8. The lowest BCUT2D eigenvalue weighted by Gasteiger charge is -2.52. The Bertz CT molecular complexity index is 881. The number of likely N-dealkylation sites (tertiary alicyclic amines) is 1. The number of rotatable bonds is 2. The fourth-order valence-electron chi connectivity index (χ4n) is 5.69. The van der Waals surface area contributed by atoms with Crippen molar-refractivity contribution in [2.24, 2.45) is 5.92 Å². The Morgan fingerprint density at radius 3 is 2.86 bits per heavy atom. The maximum Gasteiger partial charge on any atom is 0.317 e. The van der Waals surface area contributed by atoms with Crippen molar-refractivity contribution in [1.82, 2.24) is 15.1 Å². The minimum Gasteiger partial charge on any atom is -0.334 e. The lowest BCUT2D eigenvalue weighted by molar-refractivity contribution is 0.00565. The van der Waals surface area contributed by atoms with Crippen LogP contribution in [0, 0.1) is 12.8 Å². The normalized spacial score (nSPS) is 26.2. The third-order valence-electron chi connectivity index (χ3n) is 7.17. The number of nitrogens with one attached hydrogen (secondary N) is 1. The number of nitrogens with zero attached hydrogens (tertiary/aromatic N) is 2. The number of amides is 2. The Morgan fingerprint density at radius 2 is 2.00 bits per heavy atom. The number of benzene rings is 2. The summed E-state index contributed by atoms with van der Waals surface area (Å²) in [7, 11) is 0. The maximum atomic E-state index is 13.1. The van der Waals surface area contributed by atoms with E-state index in [-0.39, 0.29) is 6.03 Å². The molecule has 1 N–H and O–H groups in total. The van der Waals surface area contributed by atoms with Crippen LogP contribution in [0.4, 0.5) is 4.79 Å². The van der Waals surface area contributed by atoms with Gasteiger partial charge in [-0.1, -0.05) is 54.1 Å². The minimum atomic E-state index is 0.109. The van der Waals surface area contributed by atoms with E-state index in [0.717, 1.165) is 44.5 Å². The minimum absolute atomic E-state index is 0.109. The van der Waals surface area contributed by atoms with Gasteiger partial charge >= 0.3 is 6.03 Å². The summed E-state index contributed by atoms with van der Waals surface area (Å²) in [6.07, 6.45) is 4.59. The molecule has 2 saturated heterocycles. The Balaban J connectivity index is 1.33. The molecule has 2 fully saturated rings. The third kappa shape index (κ3) is 3.66. The van der Waals surface area contributed by atoms with E-state index in [1.807, 2.05) is 18.2 Å². The topological polar surface area (TPSA) is 35.6 Å². The van der Waals surface area contributed by atoms with E-state index in [4.69, 9.17) is 0 Å². The van der Waals surface area contributed by atoms with E-state index in [1.165, 1.54) is 23.1 Å². The highest BCUT2D eigenvalue weighted by molar-refractivity contribution is 5.74. The van der Waals surface area contributed by atoms with Gasteiger partial charge in [0.05, 0.1) is 0 Å². The summed E-state index contributed by atoms with van der Waals surface area (Å²) in [6, 6.07) is 18.1. The molecule has 0 bridgehead atoms. The summed E-state index contributed by atoms with van der Waals surface area (Å²) in [5.74, 6) is 0.605. The molecule has 3 aliphatic heterocycles. The van der Waals surface area contributed by atoms with Gasteiger partial charge in [-0.2, -0.15) is 0 Å². The first kappa shape index (κ1) is 18.7. The van der Waals surface area contributed by atoms with Gasteiger partial charge in [-0.15, -0.1) is 0 Å². The van der Waals surface area contributed by atoms with Crippen molar-refractivity contribution in [3.05, 3.63) is 70.8 Å². The van der Waals surface area contributed by atoms with Crippen molar-refractivity contribution < 1.29 is 4.79 Å². The van der Waals surface area contributed by atoms with Crippen LogP contribution in [0.3, 0.4) is 0 Å². The summed E-state index contributed by atoms with van der Waals surface area (Å²) in [5.41, 5.74) is 5.51. The molecule has 4 heteroatoms. The molecule has 152 valence electrons. The van der Waals surface area contributed by atoms with Crippen LogP contribution in [0.25, 0.3) is 0 Å². The van der Waals surface area contributed by atoms with Crippen LogP contribution < -0.4 is 5.32 Å². The summed E-state index contributed by atoms with van der Waals surface area (Å²) < 4.78 is 0. The monoisotopic (exact) mass is 389 g/mol. The molecule has 0 spiro atoms. The fraction of sp³-hybridized carbons (Fsp3) is 0.480. The van der Waals surface area contributed by atoms with E-state index < -0.39 is 0 Å². The van der Waals surface area contributed by atoms with Gasteiger partial charge in [0.2, 0.25) is 0 Å². The van der Waals surface area contributed by atoms with Gasteiger partial charge in [0, 0.05) is 38.3 Å². The molecular weight excluding hydrogens is 358 g/mol. The van der Waals surface area contributed by atoms with Gasteiger partial charge < -0.3 is 10.2 Å². The standard InChI is InChI=1S/C25H31N3O/c1-18-9-10-20-11-13-27-17-21-8-5-12-28(23(21)15-24(27)22(20)14-18)25(29)26-16-19-6-3-2-4-7-19/h2-4,6-7,9-10,14,21,23-24H,5,8,11-13,15-17H2,1H3,(H,26,29). The van der Waals surface area contributed by atoms with Crippen LogP contribution in [-0.4, -0.2) is 41.5 Å². The largest absolute Gasteiger partial charge is 0.334 e.